The number of amides is 1. The van der Waals surface area contributed by atoms with E-state index in [0.717, 1.165) is 27.6 Å². The zero-order chi connectivity index (χ0) is 17.5. The quantitative estimate of drug-likeness (QED) is 0.447. The first-order valence-corrected chi connectivity index (χ1v) is 10.3. The number of nitrogens with one attached hydrogen (secondary N) is 1. The van der Waals surface area contributed by atoms with Gasteiger partial charge in [-0.3, -0.25) is 4.79 Å². The molecule has 0 saturated carbocycles. The number of halogens is 1. The van der Waals surface area contributed by atoms with Gasteiger partial charge in [0.2, 0.25) is 5.91 Å². The summed E-state index contributed by atoms with van der Waals surface area (Å²) < 4.78 is 5.58. The number of para-hydroxylation sites is 2. The maximum absolute atomic E-state index is 11.9. The fourth-order valence-electron chi connectivity index (χ4n) is 2.12. The Morgan fingerprint density at radius 2 is 1.96 bits per heavy atom. The van der Waals surface area contributed by atoms with Crippen LogP contribution in [0.2, 0.25) is 5.02 Å². The van der Waals surface area contributed by atoms with E-state index >= 15 is 0 Å². The Morgan fingerprint density at radius 1 is 1.16 bits per heavy atom. The van der Waals surface area contributed by atoms with E-state index < -0.39 is 0 Å². The van der Waals surface area contributed by atoms with Gasteiger partial charge in [-0.1, -0.05) is 47.6 Å². The maximum Gasteiger partial charge on any atom is 0.257 e. The number of nitrogens with zero attached hydrogens (tertiary/aromatic N) is 1. The van der Waals surface area contributed by atoms with Gasteiger partial charge in [0, 0.05) is 23.1 Å². The molecule has 0 aliphatic heterocycles. The molecule has 0 aliphatic rings. The molecule has 0 fully saturated rings. The van der Waals surface area contributed by atoms with Gasteiger partial charge < -0.3 is 9.73 Å². The third-order valence-electron chi connectivity index (χ3n) is 3.35. The van der Waals surface area contributed by atoms with Crippen LogP contribution in [-0.4, -0.2) is 28.9 Å². The molecule has 4 nitrogen and oxygen atoms in total. The van der Waals surface area contributed by atoms with E-state index in [0.29, 0.717) is 17.5 Å². The van der Waals surface area contributed by atoms with Crippen molar-refractivity contribution >= 4 is 52.1 Å². The molecule has 0 unspecified atom stereocenters. The Balaban J connectivity index is 1.32. The number of rotatable bonds is 8. The van der Waals surface area contributed by atoms with Gasteiger partial charge in [0.05, 0.1) is 5.75 Å². The number of aromatic nitrogens is 1. The van der Waals surface area contributed by atoms with Crippen molar-refractivity contribution in [1.82, 2.24) is 10.3 Å². The van der Waals surface area contributed by atoms with E-state index in [1.165, 1.54) is 17.3 Å². The smallest absolute Gasteiger partial charge is 0.257 e. The van der Waals surface area contributed by atoms with Crippen molar-refractivity contribution in [2.75, 3.05) is 18.1 Å². The van der Waals surface area contributed by atoms with Crippen LogP contribution >= 0.6 is 35.1 Å². The number of oxazole rings is 1. The molecule has 3 rings (SSSR count). The largest absolute Gasteiger partial charge is 0.431 e. The number of hydrogen-bond donors (Lipinski definition) is 1. The van der Waals surface area contributed by atoms with Gasteiger partial charge in [0.25, 0.3) is 5.22 Å². The van der Waals surface area contributed by atoms with Gasteiger partial charge in [-0.05, 0) is 29.8 Å². The highest BCUT2D eigenvalue weighted by Gasteiger charge is 2.08. The molecule has 130 valence electrons. The Morgan fingerprint density at radius 3 is 2.76 bits per heavy atom. The van der Waals surface area contributed by atoms with Crippen LogP contribution in [0.5, 0.6) is 0 Å². The molecule has 7 heteroatoms. The molecule has 25 heavy (non-hydrogen) atoms. The summed E-state index contributed by atoms with van der Waals surface area (Å²) >= 11 is 8.94. The van der Waals surface area contributed by atoms with Gasteiger partial charge >= 0.3 is 0 Å². The number of fused-ring (bicyclic) bond motifs is 1. The number of thioether (sulfide) groups is 2. The Labute approximate surface area is 159 Å². The van der Waals surface area contributed by atoms with Crippen LogP contribution in [0.3, 0.4) is 0 Å². The van der Waals surface area contributed by atoms with E-state index in [4.69, 9.17) is 16.0 Å². The second-order valence-corrected chi connectivity index (χ2v) is 7.73. The molecule has 2 aromatic carbocycles. The third kappa shape index (κ3) is 5.70. The fourth-order valence-corrected chi connectivity index (χ4v) is 3.74. The summed E-state index contributed by atoms with van der Waals surface area (Å²) in [6, 6.07) is 15.4. The van der Waals surface area contributed by atoms with Crippen molar-refractivity contribution in [2.45, 2.75) is 11.0 Å². The van der Waals surface area contributed by atoms with Crippen molar-refractivity contribution in [3.8, 4) is 0 Å². The first-order valence-electron chi connectivity index (χ1n) is 7.78. The molecular weight excluding hydrogens is 376 g/mol. The van der Waals surface area contributed by atoms with E-state index in [-0.39, 0.29) is 5.91 Å². The van der Waals surface area contributed by atoms with Crippen molar-refractivity contribution in [1.29, 1.82) is 0 Å². The van der Waals surface area contributed by atoms with Crippen molar-refractivity contribution < 1.29 is 9.21 Å². The van der Waals surface area contributed by atoms with E-state index in [9.17, 15) is 4.79 Å². The lowest BCUT2D eigenvalue weighted by Gasteiger charge is -2.04. The van der Waals surface area contributed by atoms with Gasteiger partial charge in [-0.15, -0.1) is 0 Å². The highest BCUT2D eigenvalue weighted by molar-refractivity contribution is 7.99. The Hall–Kier alpha value is -1.63. The van der Waals surface area contributed by atoms with Crippen LogP contribution in [0.4, 0.5) is 0 Å². The minimum atomic E-state index is -0.0145. The SMILES string of the molecule is O=C(CSc1nc2ccccc2o1)NCCSCc1ccc(Cl)cc1. The third-order valence-corrected chi connectivity index (χ3v) is 5.46. The molecule has 1 heterocycles. The monoisotopic (exact) mass is 392 g/mol. The summed E-state index contributed by atoms with van der Waals surface area (Å²) in [5.41, 5.74) is 2.78. The van der Waals surface area contributed by atoms with E-state index in [1.54, 1.807) is 11.8 Å². The predicted octanol–water partition coefficient (Wildman–Crippen LogP) is 4.62. The van der Waals surface area contributed by atoms with Gasteiger partial charge in [0.1, 0.15) is 5.52 Å². The van der Waals surface area contributed by atoms with Crippen LogP contribution in [-0.2, 0) is 10.5 Å². The summed E-state index contributed by atoms with van der Waals surface area (Å²) in [7, 11) is 0. The van der Waals surface area contributed by atoms with E-state index in [1.807, 2.05) is 48.5 Å². The number of carbonyl (C=O) groups is 1. The summed E-state index contributed by atoms with van der Waals surface area (Å²) in [6.45, 7) is 0.644. The van der Waals surface area contributed by atoms with Crippen molar-refractivity contribution in [2.24, 2.45) is 0 Å². The van der Waals surface area contributed by atoms with Gasteiger partial charge in [0.15, 0.2) is 5.58 Å². The summed E-state index contributed by atoms with van der Waals surface area (Å²) in [6.07, 6.45) is 0. The second kappa shape index (κ2) is 9.17. The standard InChI is InChI=1S/C18H17ClN2O2S2/c19-14-7-5-13(6-8-14)11-24-10-9-20-17(22)12-25-18-21-15-3-1-2-4-16(15)23-18/h1-8H,9-12H2,(H,20,22). The zero-order valence-electron chi connectivity index (χ0n) is 13.4. The molecule has 1 aromatic heterocycles. The lowest BCUT2D eigenvalue weighted by molar-refractivity contribution is -0.118. The molecule has 0 aliphatic carbocycles. The normalized spacial score (nSPS) is 10.9. The predicted molar refractivity (Wildman–Crippen MR) is 105 cm³/mol. The first-order chi connectivity index (χ1) is 12.2. The number of hydrogen-bond acceptors (Lipinski definition) is 5. The lowest BCUT2D eigenvalue weighted by Crippen LogP contribution is -2.27. The minimum absolute atomic E-state index is 0.0145. The topological polar surface area (TPSA) is 55.1 Å². The molecule has 0 bridgehead atoms. The van der Waals surface area contributed by atoms with Crippen LogP contribution < -0.4 is 5.32 Å². The van der Waals surface area contributed by atoms with Crippen LogP contribution in [0.25, 0.3) is 11.1 Å². The molecule has 0 atom stereocenters. The van der Waals surface area contributed by atoms with E-state index in [2.05, 4.69) is 10.3 Å². The van der Waals surface area contributed by atoms with Gasteiger partial charge in [-0.25, -0.2) is 4.98 Å². The summed E-state index contributed by atoms with van der Waals surface area (Å²) in [5.74, 6) is 2.06. The lowest BCUT2D eigenvalue weighted by atomic mass is 10.2. The summed E-state index contributed by atoms with van der Waals surface area (Å²) in [4.78, 5) is 16.2. The van der Waals surface area contributed by atoms with Crippen molar-refractivity contribution in [3.05, 3.63) is 59.1 Å². The van der Waals surface area contributed by atoms with Crippen LogP contribution in [0, 0.1) is 0 Å². The molecule has 1 N–H and O–H groups in total. The summed E-state index contributed by atoms with van der Waals surface area (Å²) in [5, 5.41) is 4.18. The van der Waals surface area contributed by atoms with Crippen LogP contribution in [0.1, 0.15) is 5.56 Å². The van der Waals surface area contributed by atoms with Crippen molar-refractivity contribution in [3.63, 3.8) is 0 Å². The first kappa shape index (κ1) is 18.2. The highest BCUT2D eigenvalue weighted by Crippen LogP contribution is 2.22. The molecule has 0 radical (unpaired) electrons. The average molecular weight is 393 g/mol. The maximum atomic E-state index is 11.9. The molecule has 0 saturated heterocycles. The highest BCUT2D eigenvalue weighted by atomic mass is 35.5. The number of carbonyl (C=O) groups excluding carboxylic acids is 1. The minimum Gasteiger partial charge on any atom is -0.431 e. The number of benzene rings is 2. The molecule has 0 spiro atoms. The van der Waals surface area contributed by atoms with Gasteiger partial charge in [-0.2, -0.15) is 11.8 Å². The average Bonchev–Trinajstić information content (AvgIpc) is 3.04. The molecular formula is C18H17ClN2O2S2. The molecule has 1 amide bonds. The van der Waals surface area contributed by atoms with Crippen LogP contribution in [0.15, 0.2) is 58.2 Å². The second-order valence-electron chi connectivity index (χ2n) is 5.27. The zero-order valence-corrected chi connectivity index (χ0v) is 15.8. The Bertz CT molecular complexity index is 803. The Kier molecular flexibility index (Phi) is 6.67. The fraction of sp³-hybridized carbons (Fsp3) is 0.222. The molecule has 3 aromatic rings.